The molecule has 0 bridgehead atoms. The van der Waals surface area contributed by atoms with Crippen LogP contribution < -0.4 is 15.4 Å². The number of rotatable bonds is 10. The van der Waals surface area contributed by atoms with Crippen molar-refractivity contribution < 1.29 is 14.3 Å². The number of benzene rings is 4. The summed E-state index contributed by atoms with van der Waals surface area (Å²) >= 11 is 1.76. The second-order valence-corrected chi connectivity index (χ2v) is 10.1. The van der Waals surface area contributed by atoms with E-state index < -0.39 is 10.8 Å². The van der Waals surface area contributed by atoms with Crippen molar-refractivity contribution in [3.8, 4) is 5.75 Å². The van der Waals surface area contributed by atoms with Gasteiger partial charge in [0.15, 0.2) is 6.61 Å². The second-order valence-electron chi connectivity index (χ2n) is 8.85. The van der Waals surface area contributed by atoms with E-state index in [-0.39, 0.29) is 24.5 Å². The zero-order valence-corrected chi connectivity index (χ0v) is 21.1. The molecule has 0 aliphatic carbocycles. The van der Waals surface area contributed by atoms with E-state index in [9.17, 15) is 9.59 Å². The fourth-order valence-electron chi connectivity index (χ4n) is 4.61. The summed E-state index contributed by atoms with van der Waals surface area (Å²) in [6.45, 7) is -0.143. The molecule has 186 valence electrons. The van der Waals surface area contributed by atoms with Gasteiger partial charge < -0.3 is 15.4 Å². The Labute approximate surface area is 221 Å². The van der Waals surface area contributed by atoms with Crippen LogP contribution in [-0.4, -0.2) is 36.3 Å². The number of ether oxygens (including phenoxy) is 1. The SMILES string of the molecule is O=C(COc1ccccc1)N[C@H]1C(=O)N[C@H]1CSC(c1ccccc1)(c1ccccc1)c1ccccc1. The van der Waals surface area contributed by atoms with Crippen LogP contribution in [0.1, 0.15) is 16.7 Å². The Morgan fingerprint density at radius 1 is 0.757 bits per heavy atom. The Balaban J connectivity index is 1.36. The number of carbonyl (C=O) groups is 2. The lowest BCUT2D eigenvalue weighted by Gasteiger charge is -2.41. The van der Waals surface area contributed by atoms with E-state index in [2.05, 4.69) is 83.4 Å². The zero-order chi connectivity index (χ0) is 25.5. The van der Waals surface area contributed by atoms with Crippen molar-refractivity contribution in [3.63, 3.8) is 0 Å². The van der Waals surface area contributed by atoms with Gasteiger partial charge in [0.05, 0.1) is 10.8 Å². The summed E-state index contributed by atoms with van der Waals surface area (Å²) in [7, 11) is 0. The van der Waals surface area contributed by atoms with Crippen LogP contribution in [0.3, 0.4) is 0 Å². The first-order valence-electron chi connectivity index (χ1n) is 12.2. The highest BCUT2D eigenvalue weighted by Gasteiger charge is 2.44. The van der Waals surface area contributed by atoms with Crippen molar-refractivity contribution in [1.82, 2.24) is 10.6 Å². The maximum absolute atomic E-state index is 12.6. The summed E-state index contributed by atoms with van der Waals surface area (Å²) in [5.41, 5.74) is 3.46. The Kier molecular flexibility index (Phi) is 7.57. The van der Waals surface area contributed by atoms with Crippen LogP contribution in [-0.2, 0) is 14.3 Å². The van der Waals surface area contributed by atoms with Crippen LogP contribution in [0.5, 0.6) is 5.75 Å². The summed E-state index contributed by atoms with van der Waals surface area (Å²) in [4.78, 5) is 25.0. The van der Waals surface area contributed by atoms with Crippen molar-refractivity contribution >= 4 is 23.6 Å². The maximum Gasteiger partial charge on any atom is 0.258 e. The number of amides is 2. The number of hydrogen-bond acceptors (Lipinski definition) is 4. The standard InChI is InChI=1S/C31H28N2O3S/c34-28(21-36-26-19-11-4-12-20-26)33-29-27(32-30(29)35)22-37-31(23-13-5-1-6-14-23,24-15-7-2-8-16-24)25-17-9-3-10-18-25/h1-20,27,29H,21-22H2,(H,32,35)(H,33,34)/t27-,29+/m0/s1. The Hall–Kier alpha value is -4.03. The number of β-lactam (4-membered cyclic amide) rings is 1. The van der Waals surface area contributed by atoms with Crippen molar-refractivity contribution in [2.45, 2.75) is 16.8 Å². The molecular weight excluding hydrogens is 480 g/mol. The van der Waals surface area contributed by atoms with Crippen molar-refractivity contribution in [2.24, 2.45) is 0 Å². The average Bonchev–Trinajstić information content (AvgIpc) is 2.97. The molecule has 0 saturated carbocycles. The predicted octanol–water partition coefficient (Wildman–Crippen LogP) is 4.77. The predicted molar refractivity (Wildman–Crippen MR) is 147 cm³/mol. The molecule has 4 aromatic rings. The summed E-state index contributed by atoms with van der Waals surface area (Å²) in [6, 6.07) is 39.6. The lowest BCUT2D eigenvalue weighted by atomic mass is 9.84. The van der Waals surface area contributed by atoms with E-state index in [0.717, 1.165) is 16.7 Å². The molecule has 2 atom stereocenters. The van der Waals surface area contributed by atoms with Crippen LogP contribution in [0.2, 0.25) is 0 Å². The van der Waals surface area contributed by atoms with Gasteiger partial charge in [-0.25, -0.2) is 0 Å². The summed E-state index contributed by atoms with van der Waals surface area (Å²) < 4.78 is 5.06. The van der Waals surface area contributed by atoms with Gasteiger partial charge in [-0.15, -0.1) is 11.8 Å². The lowest BCUT2D eigenvalue weighted by molar-refractivity contribution is -0.136. The minimum Gasteiger partial charge on any atom is -0.484 e. The molecule has 1 aliphatic heterocycles. The van der Waals surface area contributed by atoms with Crippen LogP contribution in [0.15, 0.2) is 121 Å². The molecule has 37 heavy (non-hydrogen) atoms. The quantitative estimate of drug-likeness (QED) is 0.239. The van der Waals surface area contributed by atoms with Gasteiger partial charge in [-0.3, -0.25) is 9.59 Å². The minimum absolute atomic E-state index is 0.143. The van der Waals surface area contributed by atoms with Crippen molar-refractivity contribution in [1.29, 1.82) is 0 Å². The molecule has 2 amide bonds. The van der Waals surface area contributed by atoms with Gasteiger partial charge in [0.2, 0.25) is 5.91 Å². The third kappa shape index (κ3) is 5.39. The molecule has 5 rings (SSSR count). The van der Waals surface area contributed by atoms with Gasteiger partial charge in [0.25, 0.3) is 5.91 Å². The Morgan fingerprint density at radius 2 is 1.22 bits per heavy atom. The second kappa shape index (κ2) is 11.4. The third-order valence-corrected chi connectivity index (χ3v) is 8.13. The normalized spacial score (nSPS) is 16.8. The molecule has 0 radical (unpaired) electrons. The van der Waals surface area contributed by atoms with E-state index in [1.54, 1.807) is 23.9 Å². The zero-order valence-electron chi connectivity index (χ0n) is 20.2. The van der Waals surface area contributed by atoms with E-state index in [4.69, 9.17) is 4.74 Å². The van der Waals surface area contributed by atoms with Gasteiger partial charge in [-0.1, -0.05) is 109 Å². The van der Waals surface area contributed by atoms with Gasteiger partial charge in [0, 0.05) is 5.75 Å². The first-order valence-corrected chi connectivity index (χ1v) is 13.2. The first kappa shape index (κ1) is 24.7. The molecule has 0 unspecified atom stereocenters. The van der Waals surface area contributed by atoms with Crippen LogP contribution in [0, 0.1) is 0 Å². The number of hydrogen-bond donors (Lipinski definition) is 2. The molecule has 0 spiro atoms. The number of carbonyl (C=O) groups excluding carboxylic acids is 2. The maximum atomic E-state index is 12.6. The fourth-order valence-corrected chi connectivity index (χ4v) is 6.22. The molecule has 1 fully saturated rings. The van der Waals surface area contributed by atoms with Crippen LogP contribution in [0.4, 0.5) is 0 Å². The highest BCUT2D eigenvalue weighted by Crippen LogP contribution is 2.48. The Bertz CT molecular complexity index is 1220. The molecular formula is C31H28N2O3S. The lowest BCUT2D eigenvalue weighted by Crippen LogP contribution is -2.70. The minimum atomic E-state index is -0.598. The summed E-state index contributed by atoms with van der Waals surface area (Å²) in [5.74, 6) is 0.721. The average molecular weight is 509 g/mol. The van der Waals surface area contributed by atoms with Gasteiger partial charge >= 0.3 is 0 Å². The summed E-state index contributed by atoms with van der Waals surface area (Å²) in [6.07, 6.45) is 0. The fraction of sp³-hybridized carbons (Fsp3) is 0.161. The number of para-hydroxylation sites is 1. The topological polar surface area (TPSA) is 67.4 Å². The van der Waals surface area contributed by atoms with Crippen LogP contribution >= 0.6 is 11.8 Å². The largest absolute Gasteiger partial charge is 0.484 e. The van der Waals surface area contributed by atoms with E-state index in [1.165, 1.54) is 0 Å². The van der Waals surface area contributed by atoms with E-state index >= 15 is 0 Å². The van der Waals surface area contributed by atoms with Gasteiger partial charge in [0.1, 0.15) is 11.8 Å². The van der Waals surface area contributed by atoms with E-state index in [0.29, 0.717) is 11.5 Å². The van der Waals surface area contributed by atoms with Crippen molar-refractivity contribution in [3.05, 3.63) is 138 Å². The Morgan fingerprint density at radius 3 is 1.68 bits per heavy atom. The molecule has 1 aliphatic rings. The number of thioether (sulfide) groups is 1. The van der Waals surface area contributed by atoms with E-state index in [1.807, 2.05) is 36.4 Å². The van der Waals surface area contributed by atoms with Gasteiger partial charge in [-0.2, -0.15) is 0 Å². The molecule has 0 aromatic heterocycles. The van der Waals surface area contributed by atoms with Crippen LogP contribution in [0.25, 0.3) is 0 Å². The highest BCUT2D eigenvalue weighted by molar-refractivity contribution is 8.00. The molecule has 5 nitrogen and oxygen atoms in total. The molecule has 4 aromatic carbocycles. The van der Waals surface area contributed by atoms with Crippen molar-refractivity contribution in [2.75, 3.05) is 12.4 Å². The molecule has 6 heteroatoms. The number of nitrogens with one attached hydrogen (secondary N) is 2. The van der Waals surface area contributed by atoms with Gasteiger partial charge in [-0.05, 0) is 28.8 Å². The molecule has 1 heterocycles. The summed E-state index contributed by atoms with van der Waals surface area (Å²) in [5, 5.41) is 5.84. The monoisotopic (exact) mass is 508 g/mol. The molecule has 1 saturated heterocycles. The smallest absolute Gasteiger partial charge is 0.258 e. The first-order chi connectivity index (χ1) is 18.2. The highest BCUT2D eigenvalue weighted by atomic mass is 32.2. The third-order valence-electron chi connectivity index (χ3n) is 6.46. The molecule has 2 N–H and O–H groups in total.